The van der Waals surface area contributed by atoms with E-state index in [4.69, 9.17) is 0 Å². The molecule has 0 unspecified atom stereocenters. The number of carbonyl (C=O) groups excluding carboxylic acids is 1. The standard InChI is InChI=1S/C24H48NO/c1-5-9-10-11-12-13-14-15-16-17-18-19-20-21-22-23-24(26)25(6-2,7-3)8-4/h15-16H,5-14,17-23H2,1-4H3/q+1. The van der Waals surface area contributed by atoms with E-state index in [2.05, 4.69) is 39.8 Å². The molecule has 0 rings (SSSR count). The summed E-state index contributed by atoms with van der Waals surface area (Å²) in [5, 5.41) is 0. The Bertz CT molecular complexity index is 336. The highest BCUT2D eigenvalue weighted by Gasteiger charge is 2.29. The molecular weight excluding hydrogens is 318 g/mol. The molecule has 2 nitrogen and oxygen atoms in total. The van der Waals surface area contributed by atoms with Gasteiger partial charge >= 0.3 is 5.91 Å². The van der Waals surface area contributed by atoms with Gasteiger partial charge in [-0.05, 0) is 52.9 Å². The molecule has 0 bridgehead atoms. The van der Waals surface area contributed by atoms with Crippen molar-refractivity contribution in [2.24, 2.45) is 0 Å². The van der Waals surface area contributed by atoms with Gasteiger partial charge in [-0.2, -0.15) is 0 Å². The summed E-state index contributed by atoms with van der Waals surface area (Å²) >= 11 is 0. The van der Waals surface area contributed by atoms with Gasteiger partial charge < -0.3 is 0 Å². The Morgan fingerprint density at radius 2 is 1.04 bits per heavy atom. The predicted molar refractivity (Wildman–Crippen MR) is 116 cm³/mol. The van der Waals surface area contributed by atoms with Crippen molar-refractivity contribution in [2.75, 3.05) is 19.6 Å². The molecule has 154 valence electrons. The lowest BCUT2D eigenvalue weighted by atomic mass is 10.1. The van der Waals surface area contributed by atoms with Gasteiger partial charge in [0.05, 0.1) is 26.1 Å². The summed E-state index contributed by atoms with van der Waals surface area (Å²) in [7, 11) is 0. The van der Waals surface area contributed by atoms with Gasteiger partial charge in [0, 0.05) is 0 Å². The third-order valence-electron chi connectivity index (χ3n) is 6.00. The van der Waals surface area contributed by atoms with Crippen LogP contribution in [0.2, 0.25) is 0 Å². The lowest BCUT2D eigenvalue weighted by Crippen LogP contribution is -2.52. The maximum atomic E-state index is 12.5. The number of quaternary nitrogens is 1. The van der Waals surface area contributed by atoms with E-state index in [1.54, 1.807) is 0 Å². The number of allylic oxidation sites excluding steroid dienone is 2. The number of hydrogen-bond acceptors (Lipinski definition) is 1. The Labute approximate surface area is 165 Å². The first-order valence-electron chi connectivity index (χ1n) is 11.7. The molecule has 0 fully saturated rings. The van der Waals surface area contributed by atoms with Crippen molar-refractivity contribution in [3.05, 3.63) is 12.2 Å². The normalized spacial score (nSPS) is 12.2. The van der Waals surface area contributed by atoms with Crippen molar-refractivity contribution in [3.8, 4) is 0 Å². The van der Waals surface area contributed by atoms with Crippen LogP contribution >= 0.6 is 0 Å². The molecular formula is C24H48NO+. The zero-order valence-electron chi connectivity index (χ0n) is 18.5. The van der Waals surface area contributed by atoms with E-state index >= 15 is 0 Å². The Morgan fingerprint density at radius 3 is 1.50 bits per heavy atom. The molecule has 0 aromatic carbocycles. The van der Waals surface area contributed by atoms with Gasteiger partial charge in [0.2, 0.25) is 0 Å². The second-order valence-corrected chi connectivity index (χ2v) is 7.82. The summed E-state index contributed by atoms with van der Waals surface area (Å²) in [6, 6.07) is 0. The highest BCUT2D eigenvalue weighted by atomic mass is 16.2. The lowest BCUT2D eigenvalue weighted by Gasteiger charge is -2.32. The predicted octanol–water partition coefficient (Wildman–Crippen LogP) is 7.43. The maximum Gasteiger partial charge on any atom is 0.313 e. The average molecular weight is 367 g/mol. The fourth-order valence-corrected chi connectivity index (χ4v) is 3.78. The van der Waals surface area contributed by atoms with E-state index in [1.807, 2.05) is 0 Å². The van der Waals surface area contributed by atoms with Crippen LogP contribution in [0, 0.1) is 0 Å². The molecule has 0 aliphatic heterocycles. The fourth-order valence-electron chi connectivity index (χ4n) is 3.78. The van der Waals surface area contributed by atoms with Crippen LogP contribution in [0.5, 0.6) is 0 Å². The van der Waals surface area contributed by atoms with Crippen LogP contribution in [0.4, 0.5) is 0 Å². The summed E-state index contributed by atoms with van der Waals surface area (Å²) < 4.78 is 0.670. The molecule has 0 N–H and O–H groups in total. The third-order valence-corrected chi connectivity index (χ3v) is 6.00. The minimum Gasteiger partial charge on any atom is -0.261 e. The van der Waals surface area contributed by atoms with E-state index < -0.39 is 0 Å². The van der Waals surface area contributed by atoms with Crippen LogP contribution in [0.15, 0.2) is 12.2 Å². The summed E-state index contributed by atoms with van der Waals surface area (Å²) in [4.78, 5) is 12.5. The Hall–Kier alpha value is -0.630. The molecule has 0 aromatic heterocycles. The monoisotopic (exact) mass is 366 g/mol. The SMILES string of the molecule is CCCCCCCCC=CCCCCCCCC(=O)[N+](CC)(CC)CC. The quantitative estimate of drug-likeness (QED) is 0.140. The zero-order chi connectivity index (χ0) is 19.5. The third kappa shape index (κ3) is 11.9. The number of rotatable bonds is 18. The molecule has 0 radical (unpaired) electrons. The van der Waals surface area contributed by atoms with Crippen molar-refractivity contribution in [1.29, 1.82) is 0 Å². The molecule has 0 saturated heterocycles. The zero-order valence-corrected chi connectivity index (χ0v) is 18.5. The van der Waals surface area contributed by atoms with Crippen molar-refractivity contribution < 1.29 is 9.28 Å². The van der Waals surface area contributed by atoms with Gasteiger partial charge in [0.25, 0.3) is 0 Å². The molecule has 2 heteroatoms. The highest BCUT2D eigenvalue weighted by molar-refractivity contribution is 5.68. The minimum atomic E-state index is 0.454. The van der Waals surface area contributed by atoms with Crippen LogP contribution in [0.25, 0.3) is 0 Å². The minimum absolute atomic E-state index is 0.454. The van der Waals surface area contributed by atoms with Crippen molar-refractivity contribution in [3.63, 3.8) is 0 Å². The van der Waals surface area contributed by atoms with Crippen molar-refractivity contribution in [2.45, 2.75) is 118 Å². The van der Waals surface area contributed by atoms with E-state index in [0.29, 0.717) is 10.4 Å². The van der Waals surface area contributed by atoms with E-state index in [1.165, 1.54) is 77.0 Å². The Kier molecular flexibility index (Phi) is 17.3. The van der Waals surface area contributed by atoms with Gasteiger partial charge in [-0.15, -0.1) is 0 Å². The van der Waals surface area contributed by atoms with Crippen LogP contribution in [-0.4, -0.2) is 30.0 Å². The number of hydrogen-bond donors (Lipinski definition) is 0. The smallest absolute Gasteiger partial charge is 0.261 e. The Morgan fingerprint density at radius 1 is 0.615 bits per heavy atom. The van der Waals surface area contributed by atoms with Gasteiger partial charge in [-0.25, -0.2) is 4.79 Å². The van der Waals surface area contributed by atoms with Crippen LogP contribution in [0.1, 0.15) is 118 Å². The lowest BCUT2D eigenvalue weighted by molar-refractivity contribution is -0.849. The first-order valence-corrected chi connectivity index (χ1v) is 11.7. The number of amides is 1. The van der Waals surface area contributed by atoms with Crippen LogP contribution in [0.3, 0.4) is 0 Å². The molecule has 26 heavy (non-hydrogen) atoms. The summed E-state index contributed by atoms with van der Waals surface area (Å²) in [5.74, 6) is 0.454. The summed E-state index contributed by atoms with van der Waals surface area (Å²) in [6.07, 6.45) is 22.6. The van der Waals surface area contributed by atoms with E-state index in [0.717, 1.165) is 32.5 Å². The number of unbranched alkanes of at least 4 members (excludes halogenated alkanes) is 11. The van der Waals surface area contributed by atoms with Crippen molar-refractivity contribution >= 4 is 5.91 Å². The molecule has 1 amide bonds. The molecule has 0 atom stereocenters. The molecule has 0 aromatic rings. The largest absolute Gasteiger partial charge is 0.313 e. The van der Waals surface area contributed by atoms with Gasteiger partial charge in [0.1, 0.15) is 0 Å². The van der Waals surface area contributed by atoms with Gasteiger partial charge in [0.15, 0.2) is 0 Å². The van der Waals surface area contributed by atoms with Crippen LogP contribution < -0.4 is 0 Å². The molecule has 0 spiro atoms. The molecule has 0 saturated carbocycles. The topological polar surface area (TPSA) is 17.1 Å². The second-order valence-electron chi connectivity index (χ2n) is 7.82. The number of carbonyl (C=O) groups is 1. The first-order chi connectivity index (χ1) is 12.7. The summed E-state index contributed by atoms with van der Waals surface area (Å²) in [6.45, 7) is 11.5. The molecule has 0 aliphatic carbocycles. The van der Waals surface area contributed by atoms with Gasteiger partial charge in [-0.1, -0.05) is 70.4 Å². The van der Waals surface area contributed by atoms with E-state index in [-0.39, 0.29) is 0 Å². The molecule has 0 heterocycles. The van der Waals surface area contributed by atoms with Gasteiger partial charge in [-0.3, -0.25) is 4.48 Å². The maximum absolute atomic E-state index is 12.5. The van der Waals surface area contributed by atoms with E-state index in [9.17, 15) is 4.79 Å². The van der Waals surface area contributed by atoms with Crippen LogP contribution in [-0.2, 0) is 4.79 Å². The number of nitrogens with zero attached hydrogens (tertiary/aromatic N) is 1. The first kappa shape index (κ1) is 25.4. The second kappa shape index (κ2) is 17.8. The molecule has 0 aliphatic rings. The highest BCUT2D eigenvalue weighted by Crippen LogP contribution is 2.14. The average Bonchev–Trinajstić information content (AvgIpc) is 2.66. The summed E-state index contributed by atoms with van der Waals surface area (Å²) in [5.41, 5.74) is 0. The fraction of sp³-hybridized carbons (Fsp3) is 0.875. The van der Waals surface area contributed by atoms with Crippen molar-refractivity contribution in [1.82, 2.24) is 0 Å². The Balaban J connectivity index is 3.48.